The van der Waals surface area contributed by atoms with Gasteiger partial charge >= 0.3 is 0 Å². The first-order valence-corrected chi connectivity index (χ1v) is 7.15. The minimum absolute atomic E-state index is 0.141. The summed E-state index contributed by atoms with van der Waals surface area (Å²) in [6, 6.07) is 3.58. The van der Waals surface area contributed by atoms with E-state index >= 15 is 0 Å². The molecule has 104 valence electrons. The van der Waals surface area contributed by atoms with Gasteiger partial charge < -0.3 is 14.6 Å². The number of amides is 1. The number of nitrogens with zero attached hydrogens (tertiary/aromatic N) is 2. The van der Waals surface area contributed by atoms with Gasteiger partial charge in [0.2, 0.25) is 0 Å². The highest BCUT2D eigenvalue weighted by atomic mass is 35.5. The summed E-state index contributed by atoms with van der Waals surface area (Å²) in [7, 11) is 0. The number of pyridine rings is 1. The van der Waals surface area contributed by atoms with Crippen LogP contribution >= 0.6 is 11.6 Å². The molecule has 4 rings (SSSR count). The summed E-state index contributed by atoms with van der Waals surface area (Å²) in [5.74, 6) is 0.443. The molecule has 2 unspecified atom stereocenters. The van der Waals surface area contributed by atoms with E-state index in [2.05, 4.69) is 15.2 Å². The third kappa shape index (κ3) is 1.98. The molecular formula is C14H14ClN3O2. The topological polar surface area (TPSA) is 58.4 Å². The molecule has 2 aromatic rings. The summed E-state index contributed by atoms with van der Waals surface area (Å²) in [6.07, 6.45) is 2.79. The van der Waals surface area contributed by atoms with Crippen molar-refractivity contribution in [1.29, 1.82) is 0 Å². The van der Waals surface area contributed by atoms with Crippen molar-refractivity contribution in [3.05, 3.63) is 29.2 Å². The second-order valence-electron chi connectivity index (χ2n) is 5.55. The minimum Gasteiger partial charge on any atom is -0.445 e. The second kappa shape index (κ2) is 4.46. The molecule has 20 heavy (non-hydrogen) atoms. The van der Waals surface area contributed by atoms with Crippen LogP contribution < -0.4 is 5.32 Å². The van der Waals surface area contributed by atoms with Crippen molar-refractivity contribution in [2.24, 2.45) is 5.92 Å². The van der Waals surface area contributed by atoms with E-state index in [0.717, 1.165) is 25.0 Å². The molecule has 2 bridgehead atoms. The lowest BCUT2D eigenvalue weighted by molar-refractivity contribution is 0.0919. The molecule has 0 aromatic carbocycles. The summed E-state index contributed by atoms with van der Waals surface area (Å²) in [6.45, 7) is 3.21. The van der Waals surface area contributed by atoms with Crippen LogP contribution in [-0.4, -0.2) is 41.5 Å². The van der Waals surface area contributed by atoms with Crippen LogP contribution in [0.15, 0.2) is 22.7 Å². The van der Waals surface area contributed by atoms with Gasteiger partial charge in [-0.3, -0.25) is 9.78 Å². The lowest BCUT2D eigenvalue weighted by atomic mass is 10.00. The maximum Gasteiger partial charge on any atom is 0.270 e. The average molecular weight is 292 g/mol. The van der Waals surface area contributed by atoms with E-state index in [-0.39, 0.29) is 11.9 Å². The average Bonchev–Trinajstić information content (AvgIpc) is 3.10. The zero-order valence-electron chi connectivity index (χ0n) is 10.8. The molecule has 5 nitrogen and oxygen atoms in total. The number of hydrogen-bond donors (Lipinski definition) is 1. The SMILES string of the molecule is O=C(NC1CN2CC[C@H]1C2)c1cc2oc(Cl)cc2cn1. The highest BCUT2D eigenvalue weighted by Gasteiger charge is 2.38. The van der Waals surface area contributed by atoms with Crippen LogP contribution in [0.25, 0.3) is 11.0 Å². The first-order chi connectivity index (χ1) is 9.69. The maximum atomic E-state index is 12.3. The van der Waals surface area contributed by atoms with Gasteiger partial charge in [0.15, 0.2) is 5.22 Å². The normalized spacial score (nSPS) is 28.1. The van der Waals surface area contributed by atoms with E-state index in [0.29, 0.717) is 22.4 Å². The molecule has 3 atom stereocenters. The van der Waals surface area contributed by atoms with Crippen molar-refractivity contribution in [3.8, 4) is 0 Å². The standard InChI is InChI=1S/C14H14ClN3O2/c15-13-3-9-5-16-10(4-12(9)20-13)14(19)17-11-7-18-2-1-8(11)6-18/h3-5,8,11H,1-2,6-7H2,(H,17,19)/t8-,11?/m0/s1. The van der Waals surface area contributed by atoms with Crippen LogP contribution in [0.1, 0.15) is 16.9 Å². The number of hydrogen-bond acceptors (Lipinski definition) is 4. The first-order valence-electron chi connectivity index (χ1n) is 6.77. The van der Waals surface area contributed by atoms with E-state index in [9.17, 15) is 4.79 Å². The number of furan rings is 1. The zero-order chi connectivity index (χ0) is 13.7. The predicted octanol–water partition coefficient (Wildman–Crippen LogP) is 1.92. The summed E-state index contributed by atoms with van der Waals surface area (Å²) in [5, 5.41) is 4.19. The lowest BCUT2D eigenvalue weighted by Gasteiger charge is -2.22. The van der Waals surface area contributed by atoms with Crippen molar-refractivity contribution in [3.63, 3.8) is 0 Å². The number of carbonyl (C=O) groups excluding carboxylic acids is 1. The van der Waals surface area contributed by atoms with Crippen LogP contribution in [0.5, 0.6) is 0 Å². The van der Waals surface area contributed by atoms with E-state index < -0.39 is 0 Å². The van der Waals surface area contributed by atoms with Gasteiger partial charge in [0, 0.05) is 42.8 Å². The number of piperidine rings is 1. The Hall–Kier alpha value is -1.59. The van der Waals surface area contributed by atoms with Crippen LogP contribution in [0.2, 0.25) is 5.22 Å². The summed E-state index contributed by atoms with van der Waals surface area (Å²) >= 11 is 5.79. The van der Waals surface area contributed by atoms with E-state index in [1.807, 2.05) is 0 Å². The van der Waals surface area contributed by atoms with Crippen LogP contribution in [0, 0.1) is 5.92 Å². The molecule has 2 aromatic heterocycles. The molecule has 1 N–H and O–H groups in total. The molecule has 2 fully saturated rings. The van der Waals surface area contributed by atoms with Gasteiger partial charge in [-0.1, -0.05) is 0 Å². The second-order valence-corrected chi connectivity index (χ2v) is 5.92. The molecule has 0 radical (unpaired) electrons. The third-order valence-electron chi connectivity index (χ3n) is 4.25. The Morgan fingerprint density at radius 2 is 2.35 bits per heavy atom. The van der Waals surface area contributed by atoms with Gasteiger partial charge in [-0.15, -0.1) is 0 Å². The van der Waals surface area contributed by atoms with Crippen molar-refractivity contribution in [1.82, 2.24) is 15.2 Å². The number of halogens is 1. The Balaban J connectivity index is 1.54. The Morgan fingerprint density at radius 3 is 3.10 bits per heavy atom. The lowest BCUT2D eigenvalue weighted by Crippen LogP contribution is -2.43. The molecule has 2 aliphatic rings. The molecule has 2 aliphatic heterocycles. The molecule has 0 aliphatic carbocycles. The highest BCUT2D eigenvalue weighted by molar-refractivity contribution is 6.29. The molecule has 0 spiro atoms. The first kappa shape index (κ1) is 12.2. The number of nitrogens with one attached hydrogen (secondary N) is 1. The van der Waals surface area contributed by atoms with Crippen molar-refractivity contribution in [2.75, 3.05) is 19.6 Å². The fourth-order valence-electron chi connectivity index (χ4n) is 3.22. The third-order valence-corrected chi connectivity index (χ3v) is 4.44. The molecule has 0 saturated carbocycles. The van der Waals surface area contributed by atoms with Crippen molar-refractivity contribution >= 4 is 28.5 Å². The Kier molecular flexibility index (Phi) is 2.72. The highest BCUT2D eigenvalue weighted by Crippen LogP contribution is 2.28. The fourth-order valence-corrected chi connectivity index (χ4v) is 3.42. The Bertz CT molecular complexity index is 684. The monoisotopic (exact) mass is 291 g/mol. The summed E-state index contributed by atoms with van der Waals surface area (Å²) in [5.41, 5.74) is 0.966. The number of aromatic nitrogens is 1. The predicted molar refractivity (Wildman–Crippen MR) is 74.8 cm³/mol. The zero-order valence-corrected chi connectivity index (χ0v) is 11.6. The van der Waals surface area contributed by atoms with Crippen molar-refractivity contribution < 1.29 is 9.21 Å². The van der Waals surface area contributed by atoms with Gasteiger partial charge in [-0.2, -0.15) is 0 Å². The van der Waals surface area contributed by atoms with E-state index in [4.69, 9.17) is 16.0 Å². The number of fused-ring (bicyclic) bond motifs is 3. The van der Waals surface area contributed by atoms with E-state index in [1.54, 1.807) is 18.3 Å². The number of carbonyl (C=O) groups is 1. The van der Waals surface area contributed by atoms with Crippen LogP contribution in [0.3, 0.4) is 0 Å². The van der Waals surface area contributed by atoms with Gasteiger partial charge in [0.05, 0.1) is 0 Å². The molecule has 6 heteroatoms. The van der Waals surface area contributed by atoms with Crippen molar-refractivity contribution in [2.45, 2.75) is 12.5 Å². The van der Waals surface area contributed by atoms with Gasteiger partial charge in [0.1, 0.15) is 11.3 Å². The smallest absolute Gasteiger partial charge is 0.270 e. The maximum absolute atomic E-state index is 12.3. The van der Waals surface area contributed by atoms with Crippen LogP contribution in [0.4, 0.5) is 0 Å². The van der Waals surface area contributed by atoms with Gasteiger partial charge in [-0.05, 0) is 30.5 Å². The van der Waals surface area contributed by atoms with Gasteiger partial charge in [-0.25, -0.2) is 0 Å². The Morgan fingerprint density at radius 1 is 1.45 bits per heavy atom. The van der Waals surface area contributed by atoms with E-state index in [1.165, 1.54) is 6.42 Å². The minimum atomic E-state index is -0.141. The number of rotatable bonds is 2. The quantitative estimate of drug-likeness (QED) is 0.918. The molecular weight excluding hydrogens is 278 g/mol. The largest absolute Gasteiger partial charge is 0.445 e. The molecule has 1 amide bonds. The Labute approximate surface area is 120 Å². The van der Waals surface area contributed by atoms with Gasteiger partial charge in [0.25, 0.3) is 5.91 Å². The fraction of sp³-hybridized carbons (Fsp3) is 0.429. The summed E-state index contributed by atoms with van der Waals surface area (Å²) in [4.78, 5) is 18.8. The summed E-state index contributed by atoms with van der Waals surface area (Å²) < 4.78 is 5.32. The van der Waals surface area contributed by atoms with Crippen LogP contribution in [-0.2, 0) is 0 Å². The molecule has 4 heterocycles. The molecule has 2 saturated heterocycles.